The molecule has 2 rings (SSSR count). The highest BCUT2D eigenvalue weighted by molar-refractivity contribution is 5.58. The minimum Gasteiger partial charge on any atom is -0.464 e. The van der Waals surface area contributed by atoms with Gasteiger partial charge in [-0.15, -0.1) is 0 Å². The topological polar surface area (TPSA) is 98.0 Å². The highest BCUT2D eigenvalue weighted by atomic mass is 19.1. The molecule has 0 spiro atoms. The Morgan fingerprint density at radius 3 is 2.65 bits per heavy atom. The summed E-state index contributed by atoms with van der Waals surface area (Å²) in [6.07, 6.45) is 0. The molecule has 106 valence electrons. The molecule has 0 saturated carbocycles. The number of halogens is 1. The number of benzene rings is 1. The van der Waals surface area contributed by atoms with Gasteiger partial charge < -0.3 is 10.1 Å². The van der Waals surface area contributed by atoms with E-state index in [2.05, 4.69) is 25.7 Å². The van der Waals surface area contributed by atoms with Crippen molar-refractivity contribution >= 4 is 17.6 Å². The van der Waals surface area contributed by atoms with Crippen molar-refractivity contribution < 1.29 is 9.13 Å². The zero-order valence-electron chi connectivity index (χ0n) is 11.1. The Balaban J connectivity index is 2.29. The van der Waals surface area contributed by atoms with E-state index in [1.54, 1.807) is 13.0 Å². The van der Waals surface area contributed by atoms with Crippen molar-refractivity contribution in [2.75, 3.05) is 17.3 Å². The number of hydrogen-bond donors (Lipinski definition) is 3. The fourth-order valence-electron chi connectivity index (χ4n) is 1.56. The predicted molar refractivity (Wildman–Crippen MR) is 73.2 cm³/mol. The lowest BCUT2D eigenvalue weighted by atomic mass is 10.2. The van der Waals surface area contributed by atoms with Crippen LogP contribution < -0.4 is 21.3 Å². The van der Waals surface area contributed by atoms with E-state index in [-0.39, 0.29) is 23.7 Å². The van der Waals surface area contributed by atoms with Gasteiger partial charge in [0.15, 0.2) is 0 Å². The van der Waals surface area contributed by atoms with E-state index in [1.165, 1.54) is 12.1 Å². The first-order valence-corrected chi connectivity index (χ1v) is 6.01. The molecule has 2 aromatic rings. The number of nitrogens with zero attached hydrogens (tertiary/aromatic N) is 3. The Morgan fingerprint density at radius 1 is 1.25 bits per heavy atom. The van der Waals surface area contributed by atoms with Crippen molar-refractivity contribution in [3.8, 4) is 6.01 Å². The van der Waals surface area contributed by atoms with Crippen molar-refractivity contribution in [1.29, 1.82) is 0 Å². The summed E-state index contributed by atoms with van der Waals surface area (Å²) in [6, 6.07) is 4.51. The van der Waals surface area contributed by atoms with Crippen LogP contribution in [0.3, 0.4) is 0 Å². The number of ether oxygens (including phenoxy) is 1. The molecule has 0 aliphatic carbocycles. The van der Waals surface area contributed by atoms with Crippen LogP contribution in [0.15, 0.2) is 18.2 Å². The van der Waals surface area contributed by atoms with Gasteiger partial charge in [0.2, 0.25) is 11.9 Å². The Hall–Kier alpha value is -2.48. The molecule has 0 amide bonds. The summed E-state index contributed by atoms with van der Waals surface area (Å²) in [7, 11) is 0. The summed E-state index contributed by atoms with van der Waals surface area (Å²) in [5.74, 6) is 5.42. The number of hydrogen-bond acceptors (Lipinski definition) is 7. The van der Waals surface area contributed by atoms with Crippen molar-refractivity contribution in [3.05, 3.63) is 29.6 Å². The Kier molecular flexibility index (Phi) is 4.26. The first-order chi connectivity index (χ1) is 9.62. The molecule has 0 fully saturated rings. The van der Waals surface area contributed by atoms with Gasteiger partial charge in [-0.05, 0) is 37.6 Å². The lowest BCUT2D eigenvalue weighted by Crippen LogP contribution is -2.13. The van der Waals surface area contributed by atoms with E-state index in [0.717, 1.165) is 5.56 Å². The van der Waals surface area contributed by atoms with Crippen molar-refractivity contribution in [1.82, 2.24) is 15.0 Å². The first-order valence-electron chi connectivity index (χ1n) is 6.01. The van der Waals surface area contributed by atoms with Crippen LogP contribution in [0.5, 0.6) is 6.01 Å². The highest BCUT2D eigenvalue weighted by Gasteiger charge is 2.08. The zero-order chi connectivity index (χ0) is 14.5. The number of nitrogen functional groups attached to an aromatic ring is 1. The Morgan fingerprint density at radius 2 is 2.00 bits per heavy atom. The minimum atomic E-state index is -0.303. The molecule has 0 atom stereocenters. The Labute approximate surface area is 115 Å². The van der Waals surface area contributed by atoms with Crippen LogP contribution in [0.1, 0.15) is 12.5 Å². The summed E-state index contributed by atoms with van der Waals surface area (Å²) in [4.78, 5) is 12.1. The largest absolute Gasteiger partial charge is 0.464 e. The second-order valence-electron chi connectivity index (χ2n) is 3.93. The van der Waals surface area contributed by atoms with Crippen molar-refractivity contribution in [3.63, 3.8) is 0 Å². The molecular formula is C12H15FN6O. The minimum absolute atomic E-state index is 0.151. The summed E-state index contributed by atoms with van der Waals surface area (Å²) < 4.78 is 18.3. The summed E-state index contributed by atoms with van der Waals surface area (Å²) in [5.41, 5.74) is 3.74. The monoisotopic (exact) mass is 278 g/mol. The van der Waals surface area contributed by atoms with Gasteiger partial charge in [-0.3, -0.25) is 5.43 Å². The second kappa shape index (κ2) is 6.11. The molecule has 1 heterocycles. The van der Waals surface area contributed by atoms with Crippen LogP contribution in [0.25, 0.3) is 0 Å². The average Bonchev–Trinajstić information content (AvgIpc) is 2.42. The third kappa shape index (κ3) is 3.29. The molecule has 0 radical (unpaired) electrons. The van der Waals surface area contributed by atoms with E-state index in [4.69, 9.17) is 10.6 Å². The SMILES string of the molecule is CCOc1nc(NN)nc(Nc2ccc(F)cc2C)n1. The Bertz CT molecular complexity index is 606. The number of rotatable bonds is 5. The van der Waals surface area contributed by atoms with Crippen LogP contribution >= 0.6 is 0 Å². The number of anilines is 3. The summed E-state index contributed by atoms with van der Waals surface area (Å²) in [5, 5.41) is 2.97. The molecular weight excluding hydrogens is 263 g/mol. The van der Waals surface area contributed by atoms with E-state index in [0.29, 0.717) is 12.3 Å². The molecule has 0 saturated heterocycles. The van der Waals surface area contributed by atoms with Gasteiger partial charge in [-0.2, -0.15) is 15.0 Å². The number of hydrazine groups is 1. The van der Waals surface area contributed by atoms with Gasteiger partial charge >= 0.3 is 6.01 Å². The van der Waals surface area contributed by atoms with Gasteiger partial charge in [-0.25, -0.2) is 10.2 Å². The third-order valence-electron chi connectivity index (χ3n) is 2.45. The number of aryl methyl sites for hydroxylation is 1. The molecule has 7 nitrogen and oxygen atoms in total. The molecule has 1 aromatic carbocycles. The van der Waals surface area contributed by atoms with Gasteiger partial charge in [0, 0.05) is 5.69 Å². The fourth-order valence-corrected chi connectivity index (χ4v) is 1.56. The average molecular weight is 278 g/mol. The van der Waals surface area contributed by atoms with E-state index < -0.39 is 0 Å². The van der Waals surface area contributed by atoms with Crippen LogP contribution in [0.4, 0.5) is 22.0 Å². The van der Waals surface area contributed by atoms with Crippen LogP contribution in [-0.2, 0) is 0 Å². The van der Waals surface area contributed by atoms with Crippen LogP contribution in [0, 0.1) is 12.7 Å². The molecule has 4 N–H and O–H groups in total. The fraction of sp³-hybridized carbons (Fsp3) is 0.250. The highest BCUT2D eigenvalue weighted by Crippen LogP contribution is 2.20. The normalized spacial score (nSPS) is 10.2. The van der Waals surface area contributed by atoms with Crippen molar-refractivity contribution in [2.24, 2.45) is 5.84 Å². The molecule has 0 bridgehead atoms. The smallest absolute Gasteiger partial charge is 0.323 e. The zero-order valence-corrected chi connectivity index (χ0v) is 11.1. The maximum absolute atomic E-state index is 13.1. The van der Waals surface area contributed by atoms with E-state index >= 15 is 0 Å². The molecule has 0 unspecified atom stereocenters. The third-order valence-corrected chi connectivity index (χ3v) is 2.45. The maximum atomic E-state index is 13.1. The number of nitrogens with two attached hydrogens (primary N) is 1. The molecule has 1 aromatic heterocycles. The summed E-state index contributed by atoms with van der Waals surface area (Å²) >= 11 is 0. The number of aromatic nitrogens is 3. The molecule has 0 aliphatic heterocycles. The van der Waals surface area contributed by atoms with Gasteiger partial charge in [0.05, 0.1) is 6.61 Å². The molecule has 20 heavy (non-hydrogen) atoms. The lowest BCUT2D eigenvalue weighted by molar-refractivity contribution is 0.312. The maximum Gasteiger partial charge on any atom is 0.323 e. The first kappa shape index (κ1) is 13.9. The second-order valence-corrected chi connectivity index (χ2v) is 3.93. The van der Waals surface area contributed by atoms with Gasteiger partial charge in [0.1, 0.15) is 5.82 Å². The quantitative estimate of drug-likeness (QED) is 0.566. The van der Waals surface area contributed by atoms with Crippen LogP contribution in [-0.4, -0.2) is 21.6 Å². The van der Waals surface area contributed by atoms with Gasteiger partial charge in [0.25, 0.3) is 0 Å². The van der Waals surface area contributed by atoms with Gasteiger partial charge in [-0.1, -0.05) is 0 Å². The summed E-state index contributed by atoms with van der Waals surface area (Å²) in [6.45, 7) is 4.01. The molecule has 8 heteroatoms. The van der Waals surface area contributed by atoms with Crippen molar-refractivity contribution in [2.45, 2.75) is 13.8 Å². The standard InChI is InChI=1S/C12H15FN6O/c1-3-20-12-17-10(16-11(18-12)19-14)15-9-5-4-8(13)6-7(9)2/h4-6H,3,14H2,1-2H3,(H2,15,16,17,18,19). The number of nitrogens with one attached hydrogen (secondary N) is 2. The van der Waals surface area contributed by atoms with E-state index in [1.807, 2.05) is 6.92 Å². The lowest BCUT2D eigenvalue weighted by Gasteiger charge is -2.10. The molecule has 0 aliphatic rings. The van der Waals surface area contributed by atoms with E-state index in [9.17, 15) is 4.39 Å². The predicted octanol–water partition coefficient (Wildman–Crippen LogP) is 1.75. The van der Waals surface area contributed by atoms with Crippen LogP contribution in [0.2, 0.25) is 0 Å².